The van der Waals surface area contributed by atoms with Crippen molar-refractivity contribution < 1.29 is 26.4 Å². The maximum Gasteiger partial charge on any atom is 0.262 e. The Morgan fingerprint density at radius 3 is 1.95 bits per heavy atom. The molecule has 2 N–H and O–H groups in total. The minimum Gasteiger partial charge on any atom is -0.484 e. The number of piperazine rings is 1. The number of ether oxygens (including phenoxy) is 1. The van der Waals surface area contributed by atoms with Crippen molar-refractivity contribution >= 4 is 37.3 Å². The molecule has 3 aromatic carbocycles. The van der Waals surface area contributed by atoms with Gasteiger partial charge >= 0.3 is 0 Å². The molecule has 1 aliphatic heterocycles. The van der Waals surface area contributed by atoms with Crippen LogP contribution in [0.5, 0.6) is 5.75 Å². The molecule has 1 saturated heterocycles. The summed E-state index contributed by atoms with van der Waals surface area (Å²) in [4.78, 5) is 14.7. The summed E-state index contributed by atoms with van der Waals surface area (Å²) in [6, 6.07) is 17.2. The van der Waals surface area contributed by atoms with E-state index in [0.29, 0.717) is 43.3 Å². The van der Waals surface area contributed by atoms with Crippen molar-refractivity contribution in [3.05, 3.63) is 77.9 Å². The summed E-state index contributed by atoms with van der Waals surface area (Å²) in [6.07, 6.45) is 0. The number of nitrogens with one attached hydrogen (secondary N) is 2. The summed E-state index contributed by atoms with van der Waals surface area (Å²) in [5.41, 5.74) is 2.80. The molecule has 0 saturated carbocycles. The Morgan fingerprint density at radius 2 is 1.36 bits per heavy atom. The first kappa shape index (κ1) is 28.6. The van der Waals surface area contributed by atoms with Gasteiger partial charge in [-0.25, -0.2) is 16.8 Å². The fourth-order valence-corrected chi connectivity index (χ4v) is 6.66. The number of carbonyl (C=O) groups is 1. The average molecular weight is 573 g/mol. The van der Waals surface area contributed by atoms with Crippen LogP contribution in [-0.2, 0) is 24.8 Å². The Bertz CT molecular complexity index is 1510. The molecule has 0 aromatic heterocycles. The minimum absolute atomic E-state index is 0.0603. The van der Waals surface area contributed by atoms with Crippen LogP contribution in [0.25, 0.3) is 0 Å². The van der Waals surface area contributed by atoms with Gasteiger partial charge in [0, 0.05) is 37.6 Å². The molecule has 1 amide bonds. The number of carbonyl (C=O) groups excluding carboxylic acids is 1. The van der Waals surface area contributed by atoms with E-state index < -0.39 is 26.0 Å². The van der Waals surface area contributed by atoms with E-state index in [0.717, 1.165) is 11.1 Å². The van der Waals surface area contributed by atoms with Crippen molar-refractivity contribution in [3.63, 3.8) is 0 Å². The number of hydrogen-bond donors (Lipinski definition) is 2. The number of benzene rings is 3. The molecule has 1 aliphatic rings. The number of anilines is 2. The van der Waals surface area contributed by atoms with Gasteiger partial charge < -0.3 is 15.0 Å². The summed E-state index contributed by atoms with van der Waals surface area (Å²) in [5, 5.41) is 2.66. The van der Waals surface area contributed by atoms with Crippen molar-refractivity contribution in [1.29, 1.82) is 0 Å². The molecule has 0 spiro atoms. The zero-order valence-corrected chi connectivity index (χ0v) is 23.7. The largest absolute Gasteiger partial charge is 0.484 e. The Morgan fingerprint density at radius 1 is 0.795 bits per heavy atom. The van der Waals surface area contributed by atoms with Crippen molar-refractivity contribution in [2.24, 2.45) is 0 Å². The monoisotopic (exact) mass is 572 g/mol. The number of aryl methyl sites for hydroxylation is 2. The van der Waals surface area contributed by atoms with Gasteiger partial charge in [-0.05, 0) is 92.7 Å². The Kier molecular flexibility index (Phi) is 8.60. The summed E-state index contributed by atoms with van der Waals surface area (Å²) in [7, 11) is -5.43. The molecular formula is C27H32N4O6S2. The number of amides is 1. The molecule has 0 radical (unpaired) electrons. The normalized spacial score (nSPS) is 15.1. The lowest BCUT2D eigenvalue weighted by molar-refractivity contribution is -0.118. The fraction of sp³-hybridized carbons (Fsp3) is 0.296. The van der Waals surface area contributed by atoms with E-state index in [9.17, 15) is 21.6 Å². The number of sulfonamides is 2. The molecular weight excluding hydrogens is 540 g/mol. The smallest absolute Gasteiger partial charge is 0.262 e. The highest BCUT2D eigenvalue weighted by Crippen LogP contribution is 2.22. The quantitative estimate of drug-likeness (QED) is 0.404. The van der Waals surface area contributed by atoms with Crippen LogP contribution in [0.2, 0.25) is 0 Å². The summed E-state index contributed by atoms with van der Waals surface area (Å²) < 4.78 is 60.7. The van der Waals surface area contributed by atoms with Gasteiger partial charge in [-0.2, -0.15) is 4.31 Å². The molecule has 4 rings (SSSR count). The lowest BCUT2D eigenvalue weighted by Gasteiger charge is -2.31. The van der Waals surface area contributed by atoms with Gasteiger partial charge in [0.1, 0.15) is 5.75 Å². The fourth-order valence-electron chi connectivity index (χ4n) is 4.20. The van der Waals surface area contributed by atoms with Crippen LogP contribution in [0.4, 0.5) is 11.4 Å². The van der Waals surface area contributed by atoms with Crippen LogP contribution in [0.1, 0.15) is 11.1 Å². The second-order valence-electron chi connectivity index (χ2n) is 9.52. The molecule has 3 aromatic rings. The second-order valence-corrected chi connectivity index (χ2v) is 13.1. The van der Waals surface area contributed by atoms with Gasteiger partial charge in [-0.1, -0.05) is 6.07 Å². The number of likely N-dealkylation sites (N-methyl/N-ethyl adjacent to an activating group) is 1. The van der Waals surface area contributed by atoms with Crippen molar-refractivity contribution in [2.45, 2.75) is 23.6 Å². The van der Waals surface area contributed by atoms with Gasteiger partial charge in [0.05, 0.1) is 9.79 Å². The second kappa shape index (κ2) is 11.7. The first-order valence-electron chi connectivity index (χ1n) is 12.3. The Balaban J connectivity index is 1.30. The van der Waals surface area contributed by atoms with Gasteiger partial charge in [-0.3, -0.25) is 9.52 Å². The molecule has 12 heteroatoms. The molecule has 0 unspecified atom stereocenters. The summed E-state index contributed by atoms with van der Waals surface area (Å²) in [5.74, 6) is -0.123. The molecule has 0 aliphatic carbocycles. The summed E-state index contributed by atoms with van der Waals surface area (Å²) >= 11 is 0. The predicted molar refractivity (Wildman–Crippen MR) is 150 cm³/mol. The van der Waals surface area contributed by atoms with Gasteiger partial charge in [0.25, 0.3) is 15.9 Å². The van der Waals surface area contributed by atoms with Crippen molar-refractivity contribution in [3.8, 4) is 5.75 Å². The molecule has 1 heterocycles. The predicted octanol–water partition coefficient (Wildman–Crippen LogP) is 3.06. The maximum atomic E-state index is 12.8. The van der Waals surface area contributed by atoms with Crippen molar-refractivity contribution in [2.75, 3.05) is 49.9 Å². The Hall–Kier alpha value is -3.45. The van der Waals surface area contributed by atoms with Gasteiger partial charge in [0.15, 0.2) is 6.61 Å². The molecule has 0 atom stereocenters. The van der Waals surface area contributed by atoms with E-state index in [-0.39, 0.29) is 16.4 Å². The van der Waals surface area contributed by atoms with E-state index in [1.165, 1.54) is 52.8 Å². The highest BCUT2D eigenvalue weighted by atomic mass is 32.2. The SMILES string of the molecule is Cc1cc(C)cc(NS(=O)(=O)c2ccc(OCC(=O)Nc3ccc(S(=O)(=O)N4CCN(C)CC4)cc3)cc2)c1. The van der Waals surface area contributed by atoms with E-state index in [4.69, 9.17) is 4.74 Å². The third-order valence-corrected chi connectivity index (χ3v) is 9.53. The first-order valence-corrected chi connectivity index (χ1v) is 15.3. The Labute approximate surface area is 229 Å². The molecule has 208 valence electrons. The molecule has 1 fully saturated rings. The average Bonchev–Trinajstić information content (AvgIpc) is 2.87. The number of nitrogens with zero attached hydrogens (tertiary/aromatic N) is 2. The highest BCUT2D eigenvalue weighted by Gasteiger charge is 2.27. The van der Waals surface area contributed by atoms with Crippen LogP contribution in [-0.4, -0.2) is 71.8 Å². The van der Waals surface area contributed by atoms with E-state index in [1.807, 2.05) is 27.0 Å². The van der Waals surface area contributed by atoms with Gasteiger partial charge in [-0.15, -0.1) is 0 Å². The lowest BCUT2D eigenvalue weighted by atomic mass is 10.1. The lowest BCUT2D eigenvalue weighted by Crippen LogP contribution is -2.46. The molecule has 10 nitrogen and oxygen atoms in total. The number of hydrogen-bond acceptors (Lipinski definition) is 7. The van der Waals surface area contributed by atoms with Gasteiger partial charge in [0.2, 0.25) is 10.0 Å². The first-order chi connectivity index (χ1) is 18.4. The van der Waals surface area contributed by atoms with Crippen molar-refractivity contribution in [1.82, 2.24) is 9.21 Å². The zero-order valence-electron chi connectivity index (χ0n) is 22.0. The van der Waals surface area contributed by atoms with Crippen LogP contribution in [0.3, 0.4) is 0 Å². The number of rotatable bonds is 9. The minimum atomic E-state index is -3.79. The standard InChI is InChI=1S/C27H32N4O6S2/c1-20-16-21(2)18-23(17-20)29-38(33,34)25-10-6-24(7-11-25)37-19-27(32)28-22-4-8-26(9-5-22)39(35,36)31-14-12-30(3)13-15-31/h4-11,16-18,29H,12-15,19H2,1-3H3,(H,28,32). The molecule has 0 bridgehead atoms. The van der Waals surface area contributed by atoms with Crippen LogP contribution in [0.15, 0.2) is 76.5 Å². The maximum absolute atomic E-state index is 12.8. The van der Waals surface area contributed by atoms with Crippen LogP contribution >= 0.6 is 0 Å². The third-order valence-electron chi connectivity index (χ3n) is 6.22. The van der Waals surface area contributed by atoms with Crippen LogP contribution < -0.4 is 14.8 Å². The van der Waals surface area contributed by atoms with E-state index >= 15 is 0 Å². The van der Waals surface area contributed by atoms with E-state index in [2.05, 4.69) is 14.9 Å². The molecule has 39 heavy (non-hydrogen) atoms. The summed E-state index contributed by atoms with van der Waals surface area (Å²) in [6.45, 7) is 5.69. The third kappa shape index (κ3) is 7.35. The topological polar surface area (TPSA) is 125 Å². The highest BCUT2D eigenvalue weighted by molar-refractivity contribution is 7.92. The zero-order chi connectivity index (χ0) is 28.2. The van der Waals surface area contributed by atoms with Crippen LogP contribution in [0, 0.1) is 13.8 Å². The van der Waals surface area contributed by atoms with E-state index in [1.54, 1.807) is 12.1 Å².